The number of benzene rings is 1. The quantitative estimate of drug-likeness (QED) is 0.788. The number of nitrogens with zero attached hydrogens (tertiary/aromatic N) is 3. The van der Waals surface area contributed by atoms with Crippen molar-refractivity contribution in [3.63, 3.8) is 0 Å². The molecule has 0 unspecified atom stereocenters. The first kappa shape index (κ1) is 21.2. The standard InChI is InChI=1S/C22H30N4O3S/c1-4-16(2)15-26-21(27)17(3)24-22(26)10-13-25(14-11-22)30(28,29)19-9-5-7-18-8-6-12-23-20(18)19/h5-9,12,16-17,24H,4,10-11,13-15H2,1-3H3/t16-,17-/m1/s1. The van der Waals surface area contributed by atoms with E-state index < -0.39 is 15.7 Å². The van der Waals surface area contributed by atoms with Crippen LogP contribution < -0.4 is 5.32 Å². The highest BCUT2D eigenvalue weighted by Gasteiger charge is 2.51. The summed E-state index contributed by atoms with van der Waals surface area (Å²) in [5, 5.41) is 4.29. The smallest absolute Gasteiger partial charge is 0.245 e. The van der Waals surface area contributed by atoms with Crippen molar-refractivity contribution in [2.45, 2.75) is 56.6 Å². The molecule has 0 saturated carbocycles. The second-order valence-electron chi connectivity index (χ2n) is 8.60. The Kier molecular flexibility index (Phi) is 5.59. The predicted octanol–water partition coefficient (Wildman–Crippen LogP) is 2.58. The number of carbonyl (C=O) groups is 1. The van der Waals surface area contributed by atoms with Crippen molar-refractivity contribution in [2.75, 3.05) is 19.6 Å². The number of sulfonamides is 1. The molecule has 2 fully saturated rings. The SMILES string of the molecule is CC[C@@H](C)CN1C(=O)[C@@H](C)NC12CCN(S(=O)(=O)c1cccc3cccnc13)CC2. The Labute approximate surface area is 178 Å². The molecule has 7 nitrogen and oxygen atoms in total. The van der Waals surface area contributed by atoms with Gasteiger partial charge >= 0.3 is 0 Å². The largest absolute Gasteiger partial charge is 0.323 e. The van der Waals surface area contributed by atoms with E-state index in [0.717, 1.165) is 11.8 Å². The number of aromatic nitrogens is 1. The summed E-state index contributed by atoms with van der Waals surface area (Å²) in [6, 6.07) is 8.70. The number of hydrogen-bond donors (Lipinski definition) is 1. The van der Waals surface area contributed by atoms with Gasteiger partial charge in [0.25, 0.3) is 0 Å². The minimum atomic E-state index is -3.67. The van der Waals surface area contributed by atoms with Crippen molar-refractivity contribution in [1.29, 1.82) is 0 Å². The minimum Gasteiger partial charge on any atom is -0.323 e. The van der Waals surface area contributed by atoms with E-state index in [2.05, 4.69) is 24.1 Å². The first-order valence-electron chi connectivity index (χ1n) is 10.7. The van der Waals surface area contributed by atoms with Gasteiger partial charge in [-0.2, -0.15) is 4.31 Å². The zero-order valence-electron chi connectivity index (χ0n) is 17.8. The van der Waals surface area contributed by atoms with Gasteiger partial charge < -0.3 is 4.90 Å². The van der Waals surface area contributed by atoms with Crippen LogP contribution in [-0.2, 0) is 14.8 Å². The van der Waals surface area contributed by atoms with Crippen molar-refractivity contribution >= 4 is 26.8 Å². The molecule has 1 amide bonds. The normalized spacial score (nSPS) is 23.4. The molecular weight excluding hydrogens is 400 g/mol. The van der Waals surface area contributed by atoms with E-state index in [0.29, 0.717) is 43.9 Å². The summed E-state index contributed by atoms with van der Waals surface area (Å²) in [6.45, 7) is 7.61. The summed E-state index contributed by atoms with van der Waals surface area (Å²) < 4.78 is 28.4. The number of carbonyl (C=O) groups excluding carboxylic acids is 1. The highest BCUT2D eigenvalue weighted by molar-refractivity contribution is 7.89. The molecule has 4 rings (SSSR count). The van der Waals surface area contributed by atoms with Crippen LogP contribution in [0.2, 0.25) is 0 Å². The maximum atomic E-state index is 13.4. The van der Waals surface area contributed by atoms with Crippen molar-refractivity contribution in [3.8, 4) is 0 Å². The fourth-order valence-corrected chi connectivity index (χ4v) is 6.23. The van der Waals surface area contributed by atoms with E-state index in [1.54, 1.807) is 24.4 Å². The Bertz CT molecular complexity index is 1040. The van der Waals surface area contributed by atoms with Gasteiger partial charge in [-0.3, -0.25) is 15.1 Å². The van der Waals surface area contributed by atoms with E-state index >= 15 is 0 Å². The third kappa shape index (κ3) is 3.50. The van der Waals surface area contributed by atoms with Crippen LogP contribution in [0.4, 0.5) is 0 Å². The van der Waals surface area contributed by atoms with Gasteiger partial charge in [0.05, 0.1) is 17.2 Å². The van der Waals surface area contributed by atoms with Gasteiger partial charge in [-0.15, -0.1) is 0 Å². The van der Waals surface area contributed by atoms with Crippen LogP contribution in [0.3, 0.4) is 0 Å². The molecule has 1 aromatic heterocycles. The molecule has 1 aromatic carbocycles. The molecule has 162 valence electrons. The van der Waals surface area contributed by atoms with Crippen molar-refractivity contribution in [3.05, 3.63) is 36.5 Å². The number of fused-ring (bicyclic) bond motifs is 1. The lowest BCUT2D eigenvalue weighted by molar-refractivity contribution is -0.133. The lowest BCUT2D eigenvalue weighted by Gasteiger charge is -2.45. The highest BCUT2D eigenvalue weighted by Crippen LogP contribution is 2.35. The van der Waals surface area contributed by atoms with Crippen molar-refractivity contribution in [1.82, 2.24) is 19.5 Å². The number of para-hydroxylation sites is 1. The molecule has 2 aromatic rings. The van der Waals surface area contributed by atoms with E-state index in [9.17, 15) is 13.2 Å². The van der Waals surface area contributed by atoms with Crippen LogP contribution in [0, 0.1) is 5.92 Å². The van der Waals surface area contributed by atoms with Gasteiger partial charge in [-0.1, -0.05) is 38.5 Å². The Balaban J connectivity index is 1.58. The number of nitrogens with one attached hydrogen (secondary N) is 1. The van der Waals surface area contributed by atoms with E-state index in [-0.39, 0.29) is 16.8 Å². The zero-order valence-corrected chi connectivity index (χ0v) is 18.7. The molecular formula is C22H30N4O3S. The molecule has 2 aliphatic rings. The average Bonchev–Trinajstić information content (AvgIpc) is 2.97. The summed E-state index contributed by atoms with van der Waals surface area (Å²) in [4.78, 5) is 19.3. The van der Waals surface area contributed by atoms with E-state index in [1.807, 2.05) is 24.0 Å². The maximum Gasteiger partial charge on any atom is 0.245 e. The van der Waals surface area contributed by atoms with Crippen LogP contribution in [0.5, 0.6) is 0 Å². The number of rotatable bonds is 5. The van der Waals surface area contributed by atoms with Crippen LogP contribution in [0.1, 0.15) is 40.0 Å². The third-order valence-electron chi connectivity index (χ3n) is 6.59. The fraction of sp³-hybridized carbons (Fsp3) is 0.545. The van der Waals surface area contributed by atoms with E-state index in [1.165, 1.54) is 4.31 Å². The molecule has 1 N–H and O–H groups in total. The summed E-state index contributed by atoms with van der Waals surface area (Å²) in [6.07, 6.45) is 3.78. The van der Waals surface area contributed by atoms with Crippen LogP contribution in [0.15, 0.2) is 41.4 Å². The lowest BCUT2D eigenvalue weighted by Crippen LogP contribution is -2.60. The number of hydrogen-bond acceptors (Lipinski definition) is 5. The molecule has 0 radical (unpaired) electrons. The number of pyridine rings is 1. The van der Waals surface area contributed by atoms with Gasteiger partial charge in [0.1, 0.15) is 4.90 Å². The Morgan fingerprint density at radius 3 is 2.63 bits per heavy atom. The topological polar surface area (TPSA) is 82.6 Å². The van der Waals surface area contributed by atoms with Gasteiger partial charge in [-0.05, 0) is 37.8 Å². The van der Waals surface area contributed by atoms with Crippen molar-refractivity contribution in [2.24, 2.45) is 5.92 Å². The lowest BCUT2D eigenvalue weighted by atomic mass is 9.95. The van der Waals surface area contributed by atoms with Crippen LogP contribution in [0.25, 0.3) is 10.9 Å². The second-order valence-corrected chi connectivity index (χ2v) is 10.5. The molecule has 30 heavy (non-hydrogen) atoms. The van der Waals surface area contributed by atoms with Gasteiger partial charge in [0.15, 0.2) is 0 Å². The average molecular weight is 431 g/mol. The molecule has 3 heterocycles. The first-order valence-corrected chi connectivity index (χ1v) is 12.2. The van der Waals surface area contributed by atoms with Crippen LogP contribution in [-0.4, -0.2) is 59.9 Å². The fourth-order valence-electron chi connectivity index (χ4n) is 4.63. The molecule has 2 atom stereocenters. The summed E-state index contributed by atoms with van der Waals surface area (Å²) >= 11 is 0. The maximum absolute atomic E-state index is 13.4. The van der Waals surface area contributed by atoms with Gasteiger partial charge in [0.2, 0.25) is 15.9 Å². The molecule has 8 heteroatoms. The Morgan fingerprint density at radius 2 is 1.93 bits per heavy atom. The molecule has 2 saturated heterocycles. The zero-order chi connectivity index (χ0) is 21.5. The number of amides is 1. The Hall–Kier alpha value is -2.03. The molecule has 1 spiro atoms. The third-order valence-corrected chi connectivity index (χ3v) is 8.52. The van der Waals surface area contributed by atoms with Gasteiger partial charge in [-0.25, -0.2) is 8.42 Å². The number of piperidine rings is 1. The second kappa shape index (κ2) is 7.90. The summed E-state index contributed by atoms with van der Waals surface area (Å²) in [7, 11) is -3.67. The summed E-state index contributed by atoms with van der Waals surface area (Å²) in [5.74, 6) is 0.520. The van der Waals surface area contributed by atoms with Crippen LogP contribution >= 0.6 is 0 Å². The molecule has 0 bridgehead atoms. The molecule has 0 aliphatic carbocycles. The predicted molar refractivity (Wildman–Crippen MR) is 116 cm³/mol. The monoisotopic (exact) mass is 430 g/mol. The first-order chi connectivity index (χ1) is 14.3. The van der Waals surface area contributed by atoms with Crippen molar-refractivity contribution < 1.29 is 13.2 Å². The summed E-state index contributed by atoms with van der Waals surface area (Å²) in [5.41, 5.74) is 0.0460. The molecule has 2 aliphatic heterocycles. The van der Waals surface area contributed by atoms with Gasteiger partial charge in [0, 0.05) is 31.2 Å². The minimum absolute atomic E-state index is 0.116. The van der Waals surface area contributed by atoms with E-state index in [4.69, 9.17) is 0 Å². The highest BCUT2D eigenvalue weighted by atomic mass is 32.2. The Morgan fingerprint density at radius 1 is 1.23 bits per heavy atom.